The van der Waals surface area contributed by atoms with Crippen molar-refractivity contribution < 1.29 is 0 Å². The highest BCUT2D eigenvalue weighted by Gasteiger charge is 1.99. The molecule has 3 nitrogen and oxygen atoms in total. The number of H-pyrrole nitrogens is 2. The van der Waals surface area contributed by atoms with E-state index in [1.165, 1.54) is 6.07 Å². The topological polar surface area (TPSA) is 48.6 Å². The number of rotatable bonds is 1. The molecule has 1 aromatic heterocycles. The van der Waals surface area contributed by atoms with Crippen molar-refractivity contribution in [3.05, 3.63) is 45.2 Å². The zero-order valence-electron chi connectivity index (χ0n) is 6.67. The summed E-state index contributed by atoms with van der Waals surface area (Å²) < 4.78 is 0.993. The molecule has 0 unspecified atom stereocenters. The summed E-state index contributed by atoms with van der Waals surface area (Å²) in [6.07, 6.45) is 0. The minimum absolute atomic E-state index is 0.116. The molecule has 0 amide bonds. The van der Waals surface area contributed by atoms with Gasteiger partial charge in [0.15, 0.2) is 0 Å². The summed E-state index contributed by atoms with van der Waals surface area (Å²) in [6.45, 7) is 0. The molecule has 1 heterocycles. The van der Waals surface area contributed by atoms with Gasteiger partial charge in [-0.05, 0) is 12.1 Å². The number of aromatic nitrogens is 2. The normalized spacial score (nSPS) is 10.2. The molecule has 0 radical (unpaired) electrons. The van der Waals surface area contributed by atoms with Gasteiger partial charge < -0.3 is 0 Å². The second-order valence-electron chi connectivity index (χ2n) is 2.68. The summed E-state index contributed by atoms with van der Waals surface area (Å²) in [7, 11) is 0. The Morgan fingerprint density at radius 3 is 2.62 bits per heavy atom. The van der Waals surface area contributed by atoms with Crippen molar-refractivity contribution in [2.75, 3.05) is 0 Å². The van der Waals surface area contributed by atoms with E-state index in [-0.39, 0.29) is 5.56 Å². The van der Waals surface area contributed by atoms with Gasteiger partial charge in [0, 0.05) is 16.1 Å². The van der Waals surface area contributed by atoms with Crippen LogP contribution in [-0.2, 0) is 0 Å². The summed E-state index contributed by atoms with van der Waals surface area (Å²) in [5.41, 5.74) is 1.66. The van der Waals surface area contributed by atoms with E-state index in [1.807, 2.05) is 24.3 Å². The molecule has 0 fully saturated rings. The van der Waals surface area contributed by atoms with Gasteiger partial charge in [-0.25, -0.2) is 0 Å². The first kappa shape index (κ1) is 8.31. The predicted octanol–water partition coefficient (Wildman–Crippen LogP) is 2.13. The van der Waals surface area contributed by atoms with Gasteiger partial charge in [0.1, 0.15) is 0 Å². The van der Waals surface area contributed by atoms with E-state index in [4.69, 9.17) is 0 Å². The monoisotopic (exact) mass is 238 g/mol. The lowest BCUT2D eigenvalue weighted by Gasteiger charge is -1.96. The highest BCUT2D eigenvalue weighted by molar-refractivity contribution is 9.10. The van der Waals surface area contributed by atoms with Crippen LogP contribution in [0.25, 0.3) is 11.3 Å². The molecule has 0 atom stereocenters. The van der Waals surface area contributed by atoms with Gasteiger partial charge >= 0.3 is 0 Å². The standard InChI is InChI=1S/C9H7BrN2O/c10-7-3-1-2-6(4-7)8-5-9(13)12-11-8/h1-5H,(H2,11,12,13). The molecule has 4 heteroatoms. The Hall–Kier alpha value is -1.29. The zero-order valence-corrected chi connectivity index (χ0v) is 8.26. The van der Waals surface area contributed by atoms with Crippen LogP contribution in [0.1, 0.15) is 0 Å². The Bertz CT molecular complexity index is 472. The highest BCUT2D eigenvalue weighted by atomic mass is 79.9. The maximum absolute atomic E-state index is 10.8. The molecule has 0 aliphatic heterocycles. The van der Waals surface area contributed by atoms with Crippen LogP contribution in [0.3, 0.4) is 0 Å². The molecule has 0 spiro atoms. The van der Waals surface area contributed by atoms with Gasteiger partial charge in [0.25, 0.3) is 5.56 Å². The number of aromatic amines is 2. The first-order valence-electron chi connectivity index (χ1n) is 3.79. The Kier molecular flexibility index (Phi) is 2.06. The average molecular weight is 239 g/mol. The van der Waals surface area contributed by atoms with Crippen LogP contribution in [-0.4, -0.2) is 10.2 Å². The van der Waals surface area contributed by atoms with E-state index in [9.17, 15) is 4.79 Å². The number of halogens is 1. The molecule has 0 bridgehead atoms. The Labute approximate surface area is 82.9 Å². The van der Waals surface area contributed by atoms with Gasteiger partial charge in [-0.1, -0.05) is 28.1 Å². The number of hydrogen-bond donors (Lipinski definition) is 2. The van der Waals surface area contributed by atoms with Gasteiger partial charge in [-0.3, -0.25) is 15.0 Å². The fourth-order valence-electron chi connectivity index (χ4n) is 1.14. The Balaban J connectivity index is 2.52. The second-order valence-corrected chi connectivity index (χ2v) is 3.60. The molecule has 0 saturated carbocycles. The molecular weight excluding hydrogens is 232 g/mol. The lowest BCUT2D eigenvalue weighted by molar-refractivity contribution is 1.06. The second kappa shape index (κ2) is 3.22. The van der Waals surface area contributed by atoms with E-state index in [1.54, 1.807) is 0 Å². The van der Waals surface area contributed by atoms with Crippen molar-refractivity contribution in [1.82, 2.24) is 10.2 Å². The number of nitrogens with one attached hydrogen (secondary N) is 2. The lowest BCUT2D eigenvalue weighted by Crippen LogP contribution is -1.93. The van der Waals surface area contributed by atoms with Crippen molar-refractivity contribution in [2.24, 2.45) is 0 Å². The number of benzene rings is 1. The third-order valence-electron chi connectivity index (χ3n) is 1.73. The first-order chi connectivity index (χ1) is 6.25. The number of hydrogen-bond acceptors (Lipinski definition) is 1. The van der Waals surface area contributed by atoms with E-state index in [0.717, 1.165) is 15.7 Å². The quantitative estimate of drug-likeness (QED) is 0.786. The van der Waals surface area contributed by atoms with Crippen molar-refractivity contribution >= 4 is 15.9 Å². The van der Waals surface area contributed by atoms with Crippen LogP contribution >= 0.6 is 15.9 Å². The van der Waals surface area contributed by atoms with Crippen LogP contribution in [0, 0.1) is 0 Å². The van der Waals surface area contributed by atoms with Crippen LogP contribution in [0.4, 0.5) is 0 Å². The smallest absolute Gasteiger partial charge is 0.264 e. The predicted molar refractivity (Wildman–Crippen MR) is 54.5 cm³/mol. The van der Waals surface area contributed by atoms with E-state index in [2.05, 4.69) is 26.1 Å². The van der Waals surface area contributed by atoms with Crippen molar-refractivity contribution in [3.63, 3.8) is 0 Å². The van der Waals surface area contributed by atoms with Crippen LogP contribution in [0.15, 0.2) is 39.6 Å². The first-order valence-corrected chi connectivity index (χ1v) is 4.58. The van der Waals surface area contributed by atoms with E-state index in [0.29, 0.717) is 0 Å². The molecule has 2 aromatic rings. The average Bonchev–Trinajstić information content (AvgIpc) is 2.52. The Morgan fingerprint density at radius 1 is 1.15 bits per heavy atom. The third kappa shape index (κ3) is 1.72. The molecule has 2 rings (SSSR count). The highest BCUT2D eigenvalue weighted by Crippen LogP contribution is 2.19. The molecular formula is C9H7BrN2O. The summed E-state index contributed by atoms with van der Waals surface area (Å²) in [6, 6.07) is 9.27. The van der Waals surface area contributed by atoms with Crippen molar-refractivity contribution in [3.8, 4) is 11.3 Å². The Morgan fingerprint density at radius 2 is 2.00 bits per heavy atom. The molecule has 1 aromatic carbocycles. The van der Waals surface area contributed by atoms with Crippen LogP contribution in [0.2, 0.25) is 0 Å². The maximum atomic E-state index is 10.8. The third-order valence-corrected chi connectivity index (χ3v) is 2.22. The SMILES string of the molecule is O=c1cc(-c2cccc(Br)c2)[nH][nH]1. The van der Waals surface area contributed by atoms with Gasteiger partial charge in [0.2, 0.25) is 0 Å². The minimum Gasteiger partial charge on any atom is -0.298 e. The van der Waals surface area contributed by atoms with E-state index < -0.39 is 0 Å². The van der Waals surface area contributed by atoms with Crippen LogP contribution < -0.4 is 5.56 Å². The summed E-state index contributed by atoms with van der Waals surface area (Å²) in [4.78, 5) is 10.8. The molecule has 0 saturated heterocycles. The summed E-state index contributed by atoms with van der Waals surface area (Å²) in [5.74, 6) is 0. The van der Waals surface area contributed by atoms with Crippen molar-refractivity contribution in [1.29, 1.82) is 0 Å². The molecule has 66 valence electrons. The van der Waals surface area contributed by atoms with Gasteiger partial charge in [0.05, 0.1) is 5.69 Å². The summed E-state index contributed by atoms with van der Waals surface area (Å²) >= 11 is 3.36. The van der Waals surface area contributed by atoms with Crippen LogP contribution in [0.5, 0.6) is 0 Å². The molecule has 0 aliphatic carbocycles. The van der Waals surface area contributed by atoms with Gasteiger partial charge in [-0.2, -0.15) is 0 Å². The maximum Gasteiger partial charge on any atom is 0.264 e. The van der Waals surface area contributed by atoms with Crippen molar-refractivity contribution in [2.45, 2.75) is 0 Å². The molecule has 0 aliphatic rings. The minimum atomic E-state index is -0.116. The molecule has 13 heavy (non-hydrogen) atoms. The molecule has 2 N–H and O–H groups in total. The summed E-state index contributed by atoms with van der Waals surface area (Å²) in [5, 5.41) is 5.28. The van der Waals surface area contributed by atoms with E-state index >= 15 is 0 Å². The largest absolute Gasteiger partial charge is 0.298 e. The zero-order chi connectivity index (χ0) is 9.26. The fourth-order valence-corrected chi connectivity index (χ4v) is 1.54. The lowest BCUT2D eigenvalue weighted by atomic mass is 10.2. The van der Waals surface area contributed by atoms with Gasteiger partial charge in [-0.15, -0.1) is 0 Å². The fraction of sp³-hybridized carbons (Fsp3) is 0.